The van der Waals surface area contributed by atoms with Gasteiger partial charge in [0.05, 0.1) is 40.8 Å². The Morgan fingerprint density at radius 3 is 2.50 bits per heavy atom. The maximum Gasteiger partial charge on any atom is 0.340 e. The van der Waals surface area contributed by atoms with E-state index >= 15 is 9.59 Å². The number of cyclic esters (lactones) is 1. The Kier molecular flexibility index (Phi) is 16.2. The Labute approximate surface area is 491 Å². The van der Waals surface area contributed by atoms with E-state index in [1.54, 1.807) is 21.6 Å². The van der Waals surface area contributed by atoms with Crippen LogP contribution >= 0.6 is 21.6 Å². The molecule has 0 aromatic rings. The second-order valence-electron chi connectivity index (χ2n) is 26.9. The molecule has 1 spiro atoms. The summed E-state index contributed by atoms with van der Waals surface area (Å²) in [5.41, 5.74) is 3.01. The van der Waals surface area contributed by atoms with Crippen LogP contribution in [0.5, 0.6) is 0 Å². The first-order chi connectivity index (χ1) is 39.9. The average molecular weight is 1160 g/mol. The van der Waals surface area contributed by atoms with E-state index in [9.17, 15) is 29.7 Å². The number of nitrogens with zero attached hydrogens (tertiary/aromatic N) is 1. The molecule has 0 aromatic heterocycles. The number of amides is 2. The smallest absolute Gasteiger partial charge is 0.340 e. The van der Waals surface area contributed by atoms with Crippen LogP contribution in [0.15, 0.2) is 81.7 Å². The number of allylic oxidation sites excluding steroid dienone is 5. The number of esters is 2. The van der Waals surface area contributed by atoms with Crippen LogP contribution in [0.2, 0.25) is 0 Å². The molecule has 16 heteroatoms. The summed E-state index contributed by atoms with van der Waals surface area (Å²) in [6.07, 6.45) is 30.1. The molecule has 0 radical (unpaired) electrons. The summed E-state index contributed by atoms with van der Waals surface area (Å²) in [5, 5.41) is 44.8. The van der Waals surface area contributed by atoms with E-state index < -0.39 is 29.3 Å². The minimum atomic E-state index is -1.03. The summed E-state index contributed by atoms with van der Waals surface area (Å²) >= 11 is 0. The molecule has 82 heavy (non-hydrogen) atoms. The summed E-state index contributed by atoms with van der Waals surface area (Å²) in [6.45, 7) is 2.80. The lowest BCUT2D eigenvalue weighted by Gasteiger charge is -2.57. The highest BCUT2D eigenvalue weighted by Crippen LogP contribution is 2.72. The number of dihydropyridines is 1. The van der Waals surface area contributed by atoms with Gasteiger partial charge in [0.1, 0.15) is 17.8 Å². The SMILES string of the molecule is CCC1(/C=C2\OC(=O)C3=C2CC[C@H]2[C@@H]4CC[C@@]5(C6=C4[C@@H](CN4C(=O)C=CC4=O)C4=CCNC(=C4)NCSS[C@@H](N[C@@H]4CC[C@@H]7CCC[C@H](C=O)[C@H]7[C@H]4O)[C@H]([C@@H]4CC[C@H]7C[C@@H](CO)C[C@H](CO)C#CC[C@@H]4C7)C/C=C/5OC6=O)[C@@H]32)CCCC1. The molecule has 5 saturated carbocycles. The van der Waals surface area contributed by atoms with Crippen molar-refractivity contribution in [3.05, 3.63) is 81.7 Å². The van der Waals surface area contributed by atoms with Crippen LogP contribution < -0.4 is 16.0 Å². The van der Waals surface area contributed by atoms with Crippen LogP contribution in [0.25, 0.3) is 0 Å². The predicted octanol–water partition coefficient (Wildman–Crippen LogP) is 8.84. The largest absolute Gasteiger partial charge is 0.427 e. The Morgan fingerprint density at radius 1 is 0.866 bits per heavy atom. The predicted molar refractivity (Wildman–Crippen MR) is 313 cm³/mol. The van der Waals surface area contributed by atoms with Crippen LogP contribution in [0.4, 0.5) is 0 Å². The number of ether oxygens (including phenoxy) is 2. The number of imide groups is 1. The van der Waals surface area contributed by atoms with Gasteiger partial charge in [0.15, 0.2) is 0 Å². The van der Waals surface area contributed by atoms with Gasteiger partial charge in [-0.05, 0) is 184 Å². The summed E-state index contributed by atoms with van der Waals surface area (Å²) in [6, 6.07) is -0.255. The standard InChI is InChI=1S/C66H84N4O10S2/c1-2-65(23-3-4-24-65)31-51-48-15-14-46-45-21-25-66(59(46)58(48)63(77)79-51)52-18-16-47(44-13-11-37-27-39(34-72)28-38(33-71)7-5-9-41(44)29-37)62(69-50-17-12-40-8-6-10-43(35-73)56(40)61(50)76)82-81-36-68-53-30-42(22-26-67-53)49(57(45)60(66)64(78)80-52)32-70-54(74)19-20-55(70)75/h18-20,22,30-31,35,37-41,43-47,49-50,56,59,61-62,67-69,71-72,76H,2-4,6,8-17,21,23-29,32-34,36H2,1H3/b51-31-,52-18-/t37-,38+,39+,40-,41+,43+,44+,45-,46-,47-,49-,50+,56-,59+,61-,62+,66-/m0/s1. The Hall–Kier alpha value is -4.37. The monoisotopic (exact) mass is 1160 g/mol. The van der Waals surface area contributed by atoms with E-state index in [0.29, 0.717) is 79.0 Å². The van der Waals surface area contributed by atoms with Crippen LogP contribution in [0.3, 0.4) is 0 Å². The summed E-state index contributed by atoms with van der Waals surface area (Å²) < 4.78 is 13.5. The highest BCUT2D eigenvalue weighted by molar-refractivity contribution is 8.76. The van der Waals surface area contributed by atoms with Crippen molar-refractivity contribution in [2.24, 2.45) is 87.8 Å². The third-order valence-electron chi connectivity index (χ3n) is 23.1. The number of aliphatic hydroxyl groups excluding tert-OH is 3. The lowest BCUT2D eigenvalue weighted by atomic mass is 9.43. The van der Waals surface area contributed by atoms with Gasteiger partial charge in [0.2, 0.25) is 0 Å². The first kappa shape index (κ1) is 56.7. The molecule has 0 aromatic carbocycles. The number of nitrogens with one attached hydrogen (secondary N) is 3. The minimum Gasteiger partial charge on any atom is -0.427 e. The van der Waals surface area contributed by atoms with Gasteiger partial charge in [-0.1, -0.05) is 72.6 Å². The maximum absolute atomic E-state index is 15.7. The van der Waals surface area contributed by atoms with Crippen molar-refractivity contribution in [1.29, 1.82) is 0 Å². The molecule has 6 fully saturated rings. The van der Waals surface area contributed by atoms with Crippen LogP contribution in [-0.4, -0.2) is 100.0 Å². The third-order valence-corrected chi connectivity index (χ3v) is 25.5. The van der Waals surface area contributed by atoms with Crippen molar-refractivity contribution in [1.82, 2.24) is 20.9 Å². The molecule has 9 aliphatic carbocycles. The molecule has 14 aliphatic rings. The summed E-state index contributed by atoms with van der Waals surface area (Å²) in [7, 11) is 3.49. The first-order valence-corrected chi connectivity index (χ1v) is 34.0. The molecular formula is C66H84N4O10S2. The van der Waals surface area contributed by atoms with Gasteiger partial charge < -0.3 is 40.2 Å². The molecular weight excluding hydrogens is 1070 g/mol. The number of carbonyl (C=O) groups is 5. The van der Waals surface area contributed by atoms with E-state index in [-0.39, 0.29) is 108 Å². The zero-order valence-corrected chi connectivity index (χ0v) is 49.3. The summed E-state index contributed by atoms with van der Waals surface area (Å²) in [4.78, 5) is 72.0. The van der Waals surface area contributed by atoms with Crippen LogP contribution in [-0.2, 0) is 33.4 Å². The molecule has 6 N–H and O–H groups in total. The van der Waals surface area contributed by atoms with Crippen LogP contribution in [0, 0.1) is 99.6 Å². The highest BCUT2D eigenvalue weighted by atomic mass is 33.1. The molecule has 14 nitrogen and oxygen atoms in total. The lowest BCUT2D eigenvalue weighted by molar-refractivity contribution is -0.138. The van der Waals surface area contributed by atoms with Gasteiger partial charge in [-0.15, -0.1) is 5.92 Å². The second-order valence-corrected chi connectivity index (χ2v) is 29.4. The molecule has 5 aliphatic heterocycles. The van der Waals surface area contributed by atoms with Crippen molar-refractivity contribution in [3.63, 3.8) is 0 Å². The number of hydrogen-bond donors (Lipinski definition) is 6. The normalized spacial score (nSPS) is 41.6. The number of aldehydes is 1. The molecule has 2 amide bonds. The average Bonchev–Trinajstić information content (AvgIpc) is 1.55. The van der Waals surface area contributed by atoms with Crippen molar-refractivity contribution in [3.8, 4) is 11.8 Å². The van der Waals surface area contributed by atoms with Gasteiger partial charge in [-0.25, -0.2) is 9.59 Å². The van der Waals surface area contributed by atoms with Crippen LogP contribution in [0.1, 0.15) is 142 Å². The van der Waals surface area contributed by atoms with Crippen molar-refractivity contribution in [2.45, 2.75) is 159 Å². The van der Waals surface area contributed by atoms with Crippen molar-refractivity contribution < 1.29 is 48.8 Å². The zero-order chi connectivity index (χ0) is 56.4. The lowest BCUT2D eigenvalue weighted by Crippen LogP contribution is -2.56. The van der Waals surface area contributed by atoms with Gasteiger partial charge in [-0.3, -0.25) is 19.8 Å². The molecule has 440 valence electrons. The summed E-state index contributed by atoms with van der Waals surface area (Å²) in [5.74, 6) is 7.55. The molecule has 17 atom stereocenters. The Balaban J connectivity index is 0.974. The fraction of sp³-hybridized carbons (Fsp3) is 0.682. The van der Waals surface area contributed by atoms with E-state index in [1.165, 1.54) is 17.1 Å². The number of rotatable bonds is 10. The van der Waals surface area contributed by atoms with E-state index in [1.807, 2.05) is 0 Å². The van der Waals surface area contributed by atoms with E-state index in [2.05, 4.69) is 59.0 Å². The Morgan fingerprint density at radius 2 is 1.71 bits per heavy atom. The Bertz CT molecular complexity index is 2870. The number of hydrogen-bond acceptors (Lipinski definition) is 15. The zero-order valence-electron chi connectivity index (χ0n) is 47.6. The number of fused-ring (bicyclic) bond motifs is 5. The van der Waals surface area contributed by atoms with Gasteiger partial charge in [0, 0.05) is 79.1 Å². The second kappa shape index (κ2) is 23.5. The topological polar surface area (TPSA) is 204 Å². The molecule has 1 saturated heterocycles. The fourth-order valence-electron chi connectivity index (χ4n) is 19.2. The van der Waals surface area contributed by atoms with E-state index in [4.69, 9.17) is 9.47 Å². The van der Waals surface area contributed by atoms with Gasteiger partial charge >= 0.3 is 11.9 Å². The molecule has 5 heterocycles. The van der Waals surface area contributed by atoms with Crippen molar-refractivity contribution >= 4 is 51.6 Å². The molecule has 9 bridgehead atoms. The first-order valence-electron chi connectivity index (χ1n) is 31.6. The molecule has 14 rings (SSSR count). The molecule has 0 unspecified atom stereocenters. The quantitative estimate of drug-likeness (QED) is 0.0398. The third kappa shape index (κ3) is 10.1. The fourth-order valence-corrected chi connectivity index (χ4v) is 21.8. The maximum atomic E-state index is 15.7. The number of carbonyl (C=O) groups excluding carboxylic acids is 5. The van der Waals surface area contributed by atoms with Gasteiger partial charge in [0.25, 0.3) is 11.8 Å². The van der Waals surface area contributed by atoms with Crippen molar-refractivity contribution in [2.75, 3.05) is 32.2 Å². The van der Waals surface area contributed by atoms with E-state index in [0.717, 1.165) is 132 Å². The number of aliphatic hydroxyl groups is 3. The highest BCUT2D eigenvalue weighted by Gasteiger charge is 2.69. The minimum absolute atomic E-state index is 0.0358. The van der Waals surface area contributed by atoms with Gasteiger partial charge in [-0.2, -0.15) is 0 Å².